The normalized spacial score (nSPS) is 11.6. The molecule has 0 unspecified atom stereocenters. The van der Waals surface area contributed by atoms with Crippen LogP contribution in [0.5, 0.6) is 0 Å². The number of thiophene rings is 1. The van der Waals surface area contributed by atoms with E-state index in [0.29, 0.717) is 4.88 Å². The van der Waals surface area contributed by atoms with Crippen LogP contribution < -0.4 is 4.72 Å². The minimum Gasteiger partial charge on any atom is -0.391 e. The van der Waals surface area contributed by atoms with Gasteiger partial charge in [0, 0.05) is 29.2 Å². The SMILES string of the molecule is O=S(=O)(NCc1cccnc1)c1csc(CO)c1. The van der Waals surface area contributed by atoms with Crippen LogP contribution in [0.2, 0.25) is 0 Å². The highest BCUT2D eigenvalue weighted by molar-refractivity contribution is 7.89. The molecule has 0 amide bonds. The fraction of sp³-hybridized carbons (Fsp3) is 0.182. The van der Waals surface area contributed by atoms with Crippen molar-refractivity contribution >= 4 is 21.4 Å². The second-order valence-corrected chi connectivity index (χ2v) is 6.36. The van der Waals surface area contributed by atoms with Crippen molar-refractivity contribution in [2.45, 2.75) is 18.0 Å². The fourth-order valence-corrected chi connectivity index (χ4v) is 3.50. The third kappa shape index (κ3) is 3.14. The molecule has 2 aromatic heterocycles. The van der Waals surface area contributed by atoms with Crippen LogP contribution in [0.15, 0.2) is 40.9 Å². The maximum Gasteiger partial charge on any atom is 0.241 e. The molecule has 2 aromatic rings. The molecule has 2 N–H and O–H groups in total. The lowest BCUT2D eigenvalue weighted by Gasteiger charge is -2.04. The first-order valence-electron chi connectivity index (χ1n) is 5.18. The molecule has 0 saturated carbocycles. The van der Waals surface area contributed by atoms with Crippen LogP contribution in [0, 0.1) is 0 Å². The summed E-state index contributed by atoms with van der Waals surface area (Å²) in [5.41, 5.74) is 0.790. The summed E-state index contributed by atoms with van der Waals surface area (Å²) in [6.07, 6.45) is 3.24. The number of nitrogens with zero attached hydrogens (tertiary/aromatic N) is 1. The van der Waals surface area contributed by atoms with Gasteiger partial charge in [0.15, 0.2) is 0 Å². The van der Waals surface area contributed by atoms with Crippen LogP contribution >= 0.6 is 11.3 Å². The molecule has 96 valence electrons. The molecule has 0 aliphatic heterocycles. The molecule has 7 heteroatoms. The maximum atomic E-state index is 11.9. The number of hydrogen-bond acceptors (Lipinski definition) is 5. The van der Waals surface area contributed by atoms with Crippen molar-refractivity contribution in [1.29, 1.82) is 0 Å². The maximum absolute atomic E-state index is 11.9. The van der Waals surface area contributed by atoms with E-state index in [1.165, 1.54) is 22.8 Å². The second kappa shape index (κ2) is 5.57. The van der Waals surface area contributed by atoms with Gasteiger partial charge in [-0.1, -0.05) is 6.07 Å². The van der Waals surface area contributed by atoms with Crippen molar-refractivity contribution in [2.75, 3.05) is 0 Å². The predicted octanol–water partition coefficient (Wildman–Crippen LogP) is 1.11. The number of rotatable bonds is 5. The monoisotopic (exact) mass is 284 g/mol. The molecule has 0 aliphatic rings. The van der Waals surface area contributed by atoms with Gasteiger partial charge in [-0.25, -0.2) is 13.1 Å². The number of hydrogen-bond donors (Lipinski definition) is 2. The highest BCUT2D eigenvalue weighted by atomic mass is 32.2. The van der Waals surface area contributed by atoms with Gasteiger partial charge in [-0.15, -0.1) is 11.3 Å². The molecule has 2 heterocycles. The van der Waals surface area contributed by atoms with E-state index in [2.05, 4.69) is 9.71 Å². The van der Waals surface area contributed by atoms with Crippen molar-refractivity contribution in [3.8, 4) is 0 Å². The van der Waals surface area contributed by atoms with Gasteiger partial charge in [0.05, 0.1) is 11.5 Å². The zero-order valence-electron chi connectivity index (χ0n) is 9.41. The number of aliphatic hydroxyl groups is 1. The molecule has 0 atom stereocenters. The van der Waals surface area contributed by atoms with E-state index in [4.69, 9.17) is 5.11 Å². The van der Waals surface area contributed by atoms with E-state index in [9.17, 15) is 8.42 Å². The average molecular weight is 284 g/mol. The molecule has 0 spiro atoms. The predicted molar refractivity (Wildman–Crippen MR) is 68.5 cm³/mol. The first-order valence-corrected chi connectivity index (χ1v) is 7.55. The van der Waals surface area contributed by atoms with Gasteiger partial charge in [-0.2, -0.15) is 0 Å². The summed E-state index contributed by atoms with van der Waals surface area (Å²) in [6.45, 7) is 0.0449. The van der Waals surface area contributed by atoms with Crippen LogP contribution in [-0.4, -0.2) is 18.5 Å². The van der Waals surface area contributed by atoms with Gasteiger partial charge < -0.3 is 5.11 Å². The van der Waals surface area contributed by atoms with Gasteiger partial charge >= 0.3 is 0 Å². The summed E-state index contributed by atoms with van der Waals surface area (Å²) < 4.78 is 26.3. The lowest BCUT2D eigenvalue weighted by molar-refractivity contribution is 0.285. The average Bonchev–Trinajstić information content (AvgIpc) is 2.87. The summed E-state index contributed by atoms with van der Waals surface area (Å²) in [7, 11) is -3.53. The molecule has 0 saturated heterocycles. The number of aromatic nitrogens is 1. The van der Waals surface area contributed by atoms with Gasteiger partial charge in [0.1, 0.15) is 0 Å². The topological polar surface area (TPSA) is 79.3 Å². The minimum atomic E-state index is -3.53. The molecule has 0 bridgehead atoms. The molecule has 2 rings (SSSR count). The summed E-state index contributed by atoms with van der Waals surface area (Å²) in [4.78, 5) is 4.71. The van der Waals surface area contributed by atoms with Crippen molar-refractivity contribution in [3.05, 3.63) is 46.4 Å². The van der Waals surface area contributed by atoms with Crippen molar-refractivity contribution < 1.29 is 13.5 Å². The highest BCUT2D eigenvalue weighted by Crippen LogP contribution is 2.19. The quantitative estimate of drug-likeness (QED) is 0.862. The number of sulfonamides is 1. The molecule has 0 radical (unpaired) electrons. The fourth-order valence-electron chi connectivity index (χ4n) is 1.35. The van der Waals surface area contributed by atoms with Crippen LogP contribution in [0.4, 0.5) is 0 Å². The Morgan fingerprint density at radius 2 is 2.28 bits per heavy atom. The zero-order chi connectivity index (χ0) is 13.0. The lowest BCUT2D eigenvalue weighted by atomic mass is 10.3. The smallest absolute Gasteiger partial charge is 0.241 e. The molecule has 5 nitrogen and oxygen atoms in total. The standard InChI is InChI=1S/C11H12N2O3S2/c14-7-10-4-11(8-17-10)18(15,16)13-6-9-2-1-3-12-5-9/h1-5,8,13-14H,6-7H2. The molecule has 0 aromatic carbocycles. The Labute approximate surface area is 109 Å². The van der Waals surface area contributed by atoms with E-state index in [1.54, 1.807) is 24.5 Å². The number of aliphatic hydroxyl groups excluding tert-OH is 1. The molecular weight excluding hydrogens is 272 g/mol. The summed E-state index contributed by atoms with van der Waals surface area (Å²) in [5, 5.41) is 10.4. The van der Waals surface area contributed by atoms with Gasteiger partial charge in [0.25, 0.3) is 0 Å². The lowest BCUT2D eigenvalue weighted by Crippen LogP contribution is -2.22. The van der Waals surface area contributed by atoms with Crippen LogP contribution in [0.1, 0.15) is 10.4 Å². The minimum absolute atomic E-state index is 0.150. The molecule has 18 heavy (non-hydrogen) atoms. The largest absolute Gasteiger partial charge is 0.391 e. The van der Waals surface area contributed by atoms with Crippen molar-refractivity contribution in [3.63, 3.8) is 0 Å². The Balaban J connectivity index is 2.08. The van der Waals surface area contributed by atoms with E-state index in [-0.39, 0.29) is 18.0 Å². The van der Waals surface area contributed by atoms with Crippen LogP contribution in [0.3, 0.4) is 0 Å². The Hall–Kier alpha value is -1.28. The van der Waals surface area contributed by atoms with E-state index < -0.39 is 10.0 Å². The molecule has 0 aliphatic carbocycles. The zero-order valence-corrected chi connectivity index (χ0v) is 11.0. The summed E-state index contributed by atoms with van der Waals surface area (Å²) >= 11 is 1.22. The highest BCUT2D eigenvalue weighted by Gasteiger charge is 2.15. The van der Waals surface area contributed by atoms with Gasteiger partial charge in [-0.05, 0) is 17.7 Å². The summed E-state index contributed by atoms with van der Waals surface area (Å²) in [6, 6.07) is 5.01. The second-order valence-electron chi connectivity index (χ2n) is 3.59. The number of nitrogens with one attached hydrogen (secondary N) is 1. The van der Waals surface area contributed by atoms with Crippen LogP contribution in [-0.2, 0) is 23.2 Å². The van der Waals surface area contributed by atoms with Gasteiger partial charge in [-0.3, -0.25) is 4.98 Å². The Morgan fingerprint density at radius 3 is 2.89 bits per heavy atom. The van der Waals surface area contributed by atoms with Crippen LogP contribution in [0.25, 0.3) is 0 Å². The number of pyridine rings is 1. The van der Waals surface area contributed by atoms with Gasteiger partial charge in [0.2, 0.25) is 10.0 Å². The molecule has 0 fully saturated rings. The van der Waals surface area contributed by atoms with E-state index >= 15 is 0 Å². The Morgan fingerprint density at radius 1 is 1.44 bits per heavy atom. The molecular formula is C11H12N2O3S2. The first-order chi connectivity index (χ1) is 8.62. The van der Waals surface area contributed by atoms with E-state index in [1.807, 2.05) is 0 Å². The third-order valence-electron chi connectivity index (χ3n) is 2.28. The van der Waals surface area contributed by atoms with Crippen molar-refractivity contribution in [2.24, 2.45) is 0 Å². The Kier molecular flexibility index (Phi) is 4.07. The Bertz CT molecular complexity index is 608. The summed E-state index contributed by atoms with van der Waals surface area (Å²) in [5.74, 6) is 0. The van der Waals surface area contributed by atoms with Crippen molar-refractivity contribution in [1.82, 2.24) is 9.71 Å². The third-order valence-corrected chi connectivity index (χ3v) is 4.74. The van der Waals surface area contributed by atoms with E-state index in [0.717, 1.165) is 5.56 Å². The first kappa shape index (κ1) is 13.2.